The zero-order valence-corrected chi connectivity index (χ0v) is 15.9. The molecule has 2 N–H and O–H groups in total. The van der Waals surface area contributed by atoms with Gasteiger partial charge in [-0.2, -0.15) is 5.26 Å². The molecule has 0 fully saturated rings. The fraction of sp³-hybridized carbons (Fsp3) is 0.0476. The number of halogens is 1. The van der Waals surface area contributed by atoms with Gasteiger partial charge in [-0.3, -0.25) is 0 Å². The second kappa shape index (κ2) is 6.45. The van der Waals surface area contributed by atoms with E-state index in [9.17, 15) is 10.1 Å². The monoisotopic (exact) mass is 419 g/mol. The smallest absolute Gasteiger partial charge is 0.357 e. The van der Waals surface area contributed by atoms with Gasteiger partial charge < -0.3 is 15.0 Å². The van der Waals surface area contributed by atoms with E-state index in [1.165, 1.54) is 7.11 Å². The van der Waals surface area contributed by atoms with Crippen molar-refractivity contribution in [2.24, 2.45) is 0 Å². The molecule has 0 amide bonds. The number of nitrogens with two attached hydrogens (primary N) is 1. The van der Waals surface area contributed by atoms with Gasteiger partial charge in [0.15, 0.2) is 5.69 Å². The van der Waals surface area contributed by atoms with Gasteiger partial charge in [-0.05, 0) is 39.7 Å². The molecule has 6 heteroatoms. The molecule has 4 aromatic rings. The van der Waals surface area contributed by atoms with E-state index in [0.717, 1.165) is 31.7 Å². The number of nitriles is 1. The lowest BCUT2D eigenvalue weighted by Crippen LogP contribution is -2.11. The molecule has 0 atom stereocenters. The molecule has 1 aromatic heterocycles. The molecule has 0 saturated carbocycles. The van der Waals surface area contributed by atoms with Crippen molar-refractivity contribution in [3.05, 3.63) is 70.5 Å². The molecule has 0 saturated heterocycles. The van der Waals surface area contributed by atoms with Crippen LogP contribution in [0.3, 0.4) is 0 Å². The molecule has 0 radical (unpaired) electrons. The quantitative estimate of drug-likeness (QED) is 0.374. The lowest BCUT2D eigenvalue weighted by atomic mass is 10.0. The molecular weight excluding hydrogens is 406 g/mol. The van der Waals surface area contributed by atoms with E-state index in [4.69, 9.17) is 10.5 Å². The van der Waals surface area contributed by atoms with Crippen LogP contribution in [0.15, 0.2) is 59.2 Å². The van der Waals surface area contributed by atoms with Gasteiger partial charge in [0, 0.05) is 16.4 Å². The predicted octanol–water partition coefficient (Wildman–Crippen LogP) is 4.79. The van der Waals surface area contributed by atoms with Crippen LogP contribution in [-0.4, -0.2) is 17.6 Å². The fourth-order valence-corrected chi connectivity index (χ4v) is 3.90. The van der Waals surface area contributed by atoms with Crippen molar-refractivity contribution in [2.75, 3.05) is 12.8 Å². The van der Waals surface area contributed by atoms with E-state index in [1.807, 2.05) is 42.5 Å². The third kappa shape index (κ3) is 2.64. The number of carbonyl (C=O) groups excluding carboxylic acids is 1. The van der Waals surface area contributed by atoms with Crippen LogP contribution in [0, 0.1) is 11.3 Å². The SMILES string of the molecule is COC(=O)c1c(N)c(C#N)cn1-c1ccc2cc(Br)c3ccccc3c2c1. The Balaban J connectivity index is 2.04. The summed E-state index contributed by atoms with van der Waals surface area (Å²) in [5.74, 6) is -0.588. The highest BCUT2D eigenvalue weighted by Crippen LogP contribution is 2.34. The number of ether oxygens (including phenoxy) is 1. The van der Waals surface area contributed by atoms with Gasteiger partial charge >= 0.3 is 5.97 Å². The first-order chi connectivity index (χ1) is 13.0. The molecule has 1 heterocycles. The van der Waals surface area contributed by atoms with Crippen molar-refractivity contribution in [1.29, 1.82) is 5.26 Å². The molecule has 3 aromatic carbocycles. The largest absolute Gasteiger partial charge is 0.464 e. The summed E-state index contributed by atoms with van der Waals surface area (Å²) in [5, 5.41) is 13.6. The Kier molecular flexibility index (Phi) is 4.09. The number of esters is 1. The van der Waals surface area contributed by atoms with E-state index in [1.54, 1.807) is 10.8 Å². The first-order valence-electron chi connectivity index (χ1n) is 8.15. The fourth-order valence-electron chi connectivity index (χ4n) is 3.31. The van der Waals surface area contributed by atoms with Gasteiger partial charge in [0.2, 0.25) is 0 Å². The number of hydrogen-bond acceptors (Lipinski definition) is 4. The topological polar surface area (TPSA) is 81.0 Å². The maximum atomic E-state index is 12.2. The Morgan fingerprint density at radius 2 is 1.89 bits per heavy atom. The number of aromatic nitrogens is 1. The van der Waals surface area contributed by atoms with Crippen molar-refractivity contribution in [3.63, 3.8) is 0 Å². The summed E-state index contributed by atoms with van der Waals surface area (Å²) < 4.78 is 7.48. The lowest BCUT2D eigenvalue weighted by Gasteiger charge is -2.12. The Morgan fingerprint density at radius 1 is 1.15 bits per heavy atom. The zero-order valence-electron chi connectivity index (χ0n) is 14.4. The van der Waals surface area contributed by atoms with Crippen LogP contribution in [0.1, 0.15) is 16.1 Å². The first-order valence-corrected chi connectivity index (χ1v) is 8.95. The average Bonchev–Trinajstić information content (AvgIpc) is 3.04. The van der Waals surface area contributed by atoms with Crippen LogP contribution in [-0.2, 0) is 4.74 Å². The summed E-state index contributed by atoms with van der Waals surface area (Å²) in [6.07, 6.45) is 1.56. The molecule has 0 spiro atoms. The van der Waals surface area contributed by atoms with Crippen molar-refractivity contribution in [2.45, 2.75) is 0 Å². The van der Waals surface area contributed by atoms with Crippen molar-refractivity contribution < 1.29 is 9.53 Å². The number of carbonyl (C=O) groups is 1. The lowest BCUT2D eigenvalue weighted by molar-refractivity contribution is 0.0593. The Bertz CT molecular complexity index is 1270. The number of benzene rings is 3. The number of anilines is 1. The third-order valence-electron chi connectivity index (χ3n) is 4.62. The minimum Gasteiger partial charge on any atom is -0.464 e. The normalized spacial score (nSPS) is 10.9. The molecule has 5 nitrogen and oxygen atoms in total. The highest BCUT2D eigenvalue weighted by Gasteiger charge is 2.22. The third-order valence-corrected chi connectivity index (χ3v) is 5.27. The van der Waals surface area contributed by atoms with Crippen LogP contribution in [0.2, 0.25) is 0 Å². The van der Waals surface area contributed by atoms with E-state index in [2.05, 4.69) is 28.1 Å². The van der Waals surface area contributed by atoms with Crippen LogP contribution in [0.4, 0.5) is 5.69 Å². The summed E-state index contributed by atoms with van der Waals surface area (Å²) >= 11 is 3.62. The van der Waals surface area contributed by atoms with Crippen molar-refractivity contribution in [1.82, 2.24) is 4.57 Å². The first kappa shape index (κ1) is 17.1. The van der Waals surface area contributed by atoms with Gasteiger partial charge in [0.05, 0.1) is 18.4 Å². The zero-order chi connectivity index (χ0) is 19.1. The second-order valence-electron chi connectivity index (χ2n) is 6.09. The highest BCUT2D eigenvalue weighted by molar-refractivity contribution is 9.10. The highest BCUT2D eigenvalue weighted by atomic mass is 79.9. The molecule has 0 bridgehead atoms. The molecule has 0 aliphatic heterocycles. The van der Waals surface area contributed by atoms with Crippen LogP contribution in [0.5, 0.6) is 0 Å². The Morgan fingerprint density at radius 3 is 2.59 bits per heavy atom. The maximum Gasteiger partial charge on any atom is 0.357 e. The number of nitrogen functional groups attached to an aromatic ring is 1. The summed E-state index contributed by atoms with van der Waals surface area (Å²) in [6.45, 7) is 0. The molecular formula is C21H14BrN3O2. The predicted molar refractivity (Wildman–Crippen MR) is 109 cm³/mol. The number of hydrogen-bond donors (Lipinski definition) is 1. The minimum atomic E-state index is -0.588. The molecule has 132 valence electrons. The van der Waals surface area contributed by atoms with E-state index in [0.29, 0.717) is 0 Å². The molecule has 4 rings (SSSR count). The molecule has 0 unspecified atom stereocenters. The van der Waals surface area contributed by atoms with Gasteiger partial charge in [0.1, 0.15) is 6.07 Å². The number of rotatable bonds is 2. The maximum absolute atomic E-state index is 12.2. The van der Waals surface area contributed by atoms with Crippen molar-refractivity contribution >= 4 is 49.1 Å². The minimum absolute atomic E-state index is 0.116. The summed E-state index contributed by atoms with van der Waals surface area (Å²) in [7, 11) is 1.29. The Labute approximate surface area is 163 Å². The van der Waals surface area contributed by atoms with Gasteiger partial charge in [-0.15, -0.1) is 0 Å². The summed E-state index contributed by atoms with van der Waals surface area (Å²) in [4.78, 5) is 12.2. The number of nitrogens with zero attached hydrogens (tertiary/aromatic N) is 2. The van der Waals surface area contributed by atoms with Gasteiger partial charge in [0.25, 0.3) is 0 Å². The number of fused-ring (bicyclic) bond motifs is 3. The van der Waals surface area contributed by atoms with Gasteiger partial charge in [-0.25, -0.2) is 4.79 Å². The van der Waals surface area contributed by atoms with Crippen molar-refractivity contribution in [3.8, 4) is 11.8 Å². The molecule has 0 aliphatic carbocycles. The van der Waals surface area contributed by atoms with Crippen LogP contribution >= 0.6 is 15.9 Å². The van der Waals surface area contributed by atoms with Crippen LogP contribution in [0.25, 0.3) is 27.2 Å². The molecule has 0 aliphatic rings. The number of methoxy groups -OCH3 is 1. The van der Waals surface area contributed by atoms with Gasteiger partial charge in [-0.1, -0.05) is 46.3 Å². The standard InChI is InChI=1S/C21H14BrN3O2/c1-27-21(26)20-19(24)13(10-23)11-25(20)14-7-6-12-8-18(22)16-5-3-2-4-15(16)17(12)9-14/h2-9,11H,24H2,1H3. The summed E-state index contributed by atoms with van der Waals surface area (Å²) in [5.41, 5.74) is 7.22. The Hall–Kier alpha value is -3.30. The summed E-state index contributed by atoms with van der Waals surface area (Å²) in [6, 6.07) is 18.0. The van der Waals surface area contributed by atoms with Crippen LogP contribution < -0.4 is 5.73 Å². The molecule has 27 heavy (non-hydrogen) atoms. The van der Waals surface area contributed by atoms with E-state index >= 15 is 0 Å². The van der Waals surface area contributed by atoms with E-state index in [-0.39, 0.29) is 16.9 Å². The second-order valence-corrected chi connectivity index (χ2v) is 6.94. The average molecular weight is 420 g/mol. The van der Waals surface area contributed by atoms with E-state index < -0.39 is 5.97 Å².